The van der Waals surface area contributed by atoms with Crippen molar-refractivity contribution >= 4 is 34.5 Å². The number of carbonyl (C=O) groups is 2. The molecule has 2 aliphatic heterocycles. The van der Waals surface area contributed by atoms with E-state index in [9.17, 15) is 9.59 Å². The van der Waals surface area contributed by atoms with Gasteiger partial charge in [0.1, 0.15) is 0 Å². The summed E-state index contributed by atoms with van der Waals surface area (Å²) in [4.78, 5) is 39.1. The van der Waals surface area contributed by atoms with Crippen LogP contribution >= 0.6 is 0 Å². The molecule has 0 radical (unpaired) electrons. The highest BCUT2D eigenvalue weighted by molar-refractivity contribution is 5.97. The molecule has 2 fully saturated rings. The van der Waals surface area contributed by atoms with Crippen LogP contribution in [0.3, 0.4) is 0 Å². The molecular weight excluding hydrogens is 448 g/mol. The summed E-state index contributed by atoms with van der Waals surface area (Å²) in [7, 11) is 1.53. The average molecular weight is 479 g/mol. The molecule has 0 atom stereocenters. The molecule has 0 saturated carbocycles. The van der Waals surface area contributed by atoms with E-state index in [1.807, 2.05) is 34.2 Å². The van der Waals surface area contributed by atoms with Gasteiger partial charge in [-0.3, -0.25) is 14.5 Å². The van der Waals surface area contributed by atoms with Crippen molar-refractivity contribution in [2.24, 2.45) is 11.7 Å². The molecule has 11 heteroatoms. The molecule has 2 aromatic heterocycles. The van der Waals surface area contributed by atoms with Gasteiger partial charge in [-0.05, 0) is 23.6 Å². The van der Waals surface area contributed by atoms with Crippen LogP contribution in [0.1, 0.15) is 10.4 Å². The Morgan fingerprint density at radius 2 is 1.91 bits per heavy atom. The predicted molar refractivity (Wildman–Crippen MR) is 132 cm³/mol. The van der Waals surface area contributed by atoms with Crippen molar-refractivity contribution in [3.63, 3.8) is 0 Å². The number of benzene rings is 1. The molecular formula is C24H30N8O3. The SMILES string of the molecule is COc1cnc(N2CCN(C(=O)CN3CC(Cn4ccc5ccc(C(N)=O)cc54)C3)CC2)nc1N. The molecule has 4 heterocycles. The van der Waals surface area contributed by atoms with Gasteiger partial charge in [0, 0.05) is 69.0 Å². The summed E-state index contributed by atoms with van der Waals surface area (Å²) >= 11 is 0. The molecule has 3 aromatic rings. The lowest BCUT2D eigenvalue weighted by Gasteiger charge is -2.41. The fourth-order valence-electron chi connectivity index (χ4n) is 4.83. The maximum atomic E-state index is 12.8. The minimum atomic E-state index is -0.422. The number of piperazine rings is 1. The zero-order valence-electron chi connectivity index (χ0n) is 19.8. The number of aromatic nitrogens is 3. The van der Waals surface area contributed by atoms with Gasteiger partial charge in [-0.1, -0.05) is 6.07 Å². The lowest BCUT2D eigenvalue weighted by atomic mass is 10.00. The van der Waals surface area contributed by atoms with E-state index in [0.29, 0.717) is 61.7 Å². The van der Waals surface area contributed by atoms with E-state index in [-0.39, 0.29) is 5.91 Å². The van der Waals surface area contributed by atoms with Crippen LogP contribution in [-0.4, -0.2) is 89.1 Å². The summed E-state index contributed by atoms with van der Waals surface area (Å²) in [6.45, 7) is 5.61. The van der Waals surface area contributed by atoms with Gasteiger partial charge in [-0.25, -0.2) is 4.98 Å². The molecule has 11 nitrogen and oxygen atoms in total. The first kappa shape index (κ1) is 22.9. The van der Waals surface area contributed by atoms with Crippen LogP contribution in [0.4, 0.5) is 11.8 Å². The van der Waals surface area contributed by atoms with Crippen LogP contribution in [0.2, 0.25) is 0 Å². The predicted octanol–water partition coefficient (Wildman–Crippen LogP) is 0.402. The summed E-state index contributed by atoms with van der Waals surface area (Å²) < 4.78 is 7.28. The number of amides is 2. The Bertz CT molecular complexity index is 1240. The number of methoxy groups -OCH3 is 1. The van der Waals surface area contributed by atoms with Crippen LogP contribution in [0.25, 0.3) is 10.9 Å². The number of carbonyl (C=O) groups excluding carboxylic acids is 2. The first-order valence-electron chi connectivity index (χ1n) is 11.7. The van der Waals surface area contributed by atoms with Crippen molar-refractivity contribution in [1.82, 2.24) is 24.3 Å². The van der Waals surface area contributed by atoms with Gasteiger partial charge in [0.15, 0.2) is 11.6 Å². The third kappa shape index (κ3) is 4.72. The molecule has 1 aromatic carbocycles. The van der Waals surface area contributed by atoms with Gasteiger partial charge in [0.2, 0.25) is 17.8 Å². The number of anilines is 2. The third-order valence-electron chi connectivity index (χ3n) is 6.81. The maximum Gasteiger partial charge on any atom is 0.248 e. The van der Waals surface area contributed by atoms with Crippen molar-refractivity contribution in [2.75, 3.05) is 63.6 Å². The quantitative estimate of drug-likeness (QED) is 0.498. The van der Waals surface area contributed by atoms with Crippen molar-refractivity contribution in [1.29, 1.82) is 0 Å². The Kier molecular flexibility index (Phi) is 6.16. The molecule has 5 rings (SSSR count). The van der Waals surface area contributed by atoms with Crippen LogP contribution in [0, 0.1) is 5.92 Å². The molecule has 2 saturated heterocycles. The highest BCUT2D eigenvalue weighted by Gasteiger charge is 2.31. The van der Waals surface area contributed by atoms with Gasteiger partial charge in [-0.2, -0.15) is 4.98 Å². The minimum Gasteiger partial charge on any atom is -0.491 e. The normalized spacial score (nSPS) is 16.9. The van der Waals surface area contributed by atoms with Crippen LogP contribution in [0.15, 0.2) is 36.7 Å². The molecule has 0 aliphatic carbocycles. The van der Waals surface area contributed by atoms with Crippen LogP contribution < -0.4 is 21.1 Å². The second-order valence-corrected chi connectivity index (χ2v) is 9.16. The topological polar surface area (TPSA) is 136 Å². The zero-order chi connectivity index (χ0) is 24.5. The number of fused-ring (bicyclic) bond motifs is 1. The monoisotopic (exact) mass is 478 g/mol. The summed E-state index contributed by atoms with van der Waals surface area (Å²) in [6.07, 6.45) is 3.62. The minimum absolute atomic E-state index is 0.149. The fraction of sp³-hybridized carbons (Fsp3) is 0.417. The molecule has 0 bridgehead atoms. The molecule has 0 unspecified atom stereocenters. The summed E-state index contributed by atoms with van der Waals surface area (Å²) in [6, 6.07) is 7.58. The summed E-state index contributed by atoms with van der Waals surface area (Å²) in [5, 5.41) is 1.09. The number of hydrogen-bond donors (Lipinski definition) is 2. The highest BCUT2D eigenvalue weighted by atomic mass is 16.5. The van der Waals surface area contributed by atoms with E-state index >= 15 is 0 Å². The Morgan fingerprint density at radius 3 is 2.60 bits per heavy atom. The number of nitrogen functional groups attached to an aromatic ring is 1. The molecule has 2 amide bonds. The van der Waals surface area contributed by atoms with E-state index in [1.165, 1.54) is 7.11 Å². The molecule has 0 spiro atoms. The zero-order valence-corrected chi connectivity index (χ0v) is 19.8. The molecule has 2 aliphatic rings. The van der Waals surface area contributed by atoms with Gasteiger partial charge in [0.25, 0.3) is 0 Å². The standard InChI is InChI=1S/C24H30N8O3/c1-35-20-11-27-24(28-22(20)25)31-8-6-30(7-9-31)21(33)15-29-12-16(13-29)14-32-5-4-17-2-3-18(23(26)34)10-19(17)32/h2-5,10-11,16H,6-9,12-15H2,1H3,(H2,26,34)(H2,25,27,28). The van der Waals surface area contributed by atoms with Crippen molar-refractivity contribution in [2.45, 2.75) is 6.54 Å². The van der Waals surface area contributed by atoms with Crippen LogP contribution in [0.5, 0.6) is 5.75 Å². The maximum absolute atomic E-state index is 12.8. The Balaban J connectivity index is 1.09. The average Bonchev–Trinajstić information content (AvgIpc) is 3.24. The van der Waals surface area contributed by atoms with Gasteiger partial charge in [-0.15, -0.1) is 0 Å². The number of nitrogens with zero attached hydrogens (tertiary/aromatic N) is 6. The van der Waals surface area contributed by atoms with Crippen molar-refractivity contribution < 1.29 is 14.3 Å². The number of rotatable bonds is 7. The molecule has 4 N–H and O–H groups in total. The third-order valence-corrected chi connectivity index (χ3v) is 6.81. The second-order valence-electron chi connectivity index (χ2n) is 9.16. The number of ether oxygens (including phenoxy) is 1. The Hall–Kier alpha value is -3.86. The van der Waals surface area contributed by atoms with E-state index in [0.717, 1.165) is 30.5 Å². The Labute approximate surface area is 203 Å². The van der Waals surface area contributed by atoms with E-state index in [2.05, 4.69) is 19.4 Å². The number of primary amides is 1. The van der Waals surface area contributed by atoms with Crippen molar-refractivity contribution in [3.8, 4) is 5.75 Å². The van der Waals surface area contributed by atoms with Crippen molar-refractivity contribution in [3.05, 3.63) is 42.2 Å². The van der Waals surface area contributed by atoms with E-state index in [1.54, 1.807) is 12.3 Å². The lowest BCUT2D eigenvalue weighted by Crippen LogP contribution is -2.55. The Morgan fingerprint density at radius 1 is 1.14 bits per heavy atom. The van der Waals surface area contributed by atoms with E-state index < -0.39 is 5.91 Å². The van der Waals surface area contributed by atoms with Gasteiger partial charge >= 0.3 is 0 Å². The van der Waals surface area contributed by atoms with Crippen LogP contribution in [-0.2, 0) is 11.3 Å². The van der Waals surface area contributed by atoms with Gasteiger partial charge < -0.3 is 30.6 Å². The largest absolute Gasteiger partial charge is 0.491 e. The van der Waals surface area contributed by atoms with E-state index in [4.69, 9.17) is 16.2 Å². The first-order valence-corrected chi connectivity index (χ1v) is 11.7. The number of nitrogens with two attached hydrogens (primary N) is 2. The molecule has 184 valence electrons. The smallest absolute Gasteiger partial charge is 0.248 e. The number of likely N-dealkylation sites (tertiary alicyclic amines) is 1. The summed E-state index contributed by atoms with van der Waals surface area (Å²) in [5.74, 6) is 1.51. The second kappa shape index (κ2) is 9.41. The highest BCUT2D eigenvalue weighted by Crippen LogP contribution is 2.24. The lowest BCUT2D eigenvalue weighted by molar-refractivity contribution is -0.134. The number of hydrogen-bond acceptors (Lipinski definition) is 8. The summed E-state index contributed by atoms with van der Waals surface area (Å²) in [5.41, 5.74) is 12.9. The van der Waals surface area contributed by atoms with Gasteiger partial charge in [0.05, 0.1) is 19.9 Å². The fourth-order valence-corrected chi connectivity index (χ4v) is 4.83. The first-order chi connectivity index (χ1) is 16.9. The molecule has 35 heavy (non-hydrogen) atoms.